The van der Waals surface area contributed by atoms with Crippen molar-refractivity contribution in [3.8, 4) is 5.75 Å². The lowest BCUT2D eigenvalue weighted by molar-refractivity contribution is -0.152. The van der Waals surface area contributed by atoms with Gasteiger partial charge in [-0.25, -0.2) is 0 Å². The van der Waals surface area contributed by atoms with Crippen molar-refractivity contribution >= 4 is 23.6 Å². The van der Waals surface area contributed by atoms with Gasteiger partial charge in [0.05, 0.1) is 19.3 Å². The predicted molar refractivity (Wildman–Crippen MR) is 136 cm³/mol. The van der Waals surface area contributed by atoms with Gasteiger partial charge in [-0.1, -0.05) is 19.1 Å². The van der Waals surface area contributed by atoms with Crippen LogP contribution >= 0.6 is 0 Å². The summed E-state index contributed by atoms with van der Waals surface area (Å²) in [4.78, 5) is 55.8. The summed E-state index contributed by atoms with van der Waals surface area (Å²) >= 11 is 0. The molecule has 11 nitrogen and oxygen atoms in total. The average molecular weight is 518 g/mol. The standard InChI is InChI=1S/C26H39N5O6/c1-4-19(27)23(34)30-13-5-7-20(30)24(35)31-14-6-12-26(31,15-17-8-10-18(37-3)11-9-17)25(36)29-21(16(2)32)22(28)33/h8-11,16,19-21,32H,4-7,12-15,27H2,1-3H3,(H2,28,33)(H,29,36)/t16-,19+,20+,21?,26-/m1/s1. The summed E-state index contributed by atoms with van der Waals surface area (Å²) in [5, 5.41) is 12.7. The largest absolute Gasteiger partial charge is 0.497 e. The highest BCUT2D eigenvalue weighted by molar-refractivity contribution is 5.98. The van der Waals surface area contributed by atoms with Gasteiger partial charge in [0.15, 0.2) is 0 Å². The van der Waals surface area contributed by atoms with E-state index in [-0.39, 0.29) is 18.2 Å². The molecular formula is C26H39N5O6. The van der Waals surface area contributed by atoms with Crippen molar-refractivity contribution in [3.63, 3.8) is 0 Å². The highest BCUT2D eigenvalue weighted by Crippen LogP contribution is 2.36. The molecule has 0 aliphatic carbocycles. The number of nitrogens with one attached hydrogen (secondary N) is 1. The first-order valence-corrected chi connectivity index (χ1v) is 12.8. The number of carbonyl (C=O) groups is 4. The molecule has 2 aliphatic rings. The zero-order chi connectivity index (χ0) is 27.3. The number of hydrogen-bond acceptors (Lipinski definition) is 7. The Kier molecular flexibility index (Phi) is 9.14. The molecule has 2 heterocycles. The molecule has 11 heteroatoms. The topological polar surface area (TPSA) is 168 Å². The van der Waals surface area contributed by atoms with Gasteiger partial charge in [0.25, 0.3) is 0 Å². The van der Waals surface area contributed by atoms with E-state index in [0.29, 0.717) is 50.9 Å². The molecule has 2 fully saturated rings. The number of aliphatic hydroxyl groups is 1. The Labute approximate surface area is 217 Å². The molecular weight excluding hydrogens is 478 g/mol. The number of primary amides is 1. The van der Waals surface area contributed by atoms with E-state index < -0.39 is 41.6 Å². The van der Waals surface area contributed by atoms with E-state index in [1.54, 1.807) is 24.1 Å². The smallest absolute Gasteiger partial charge is 0.247 e. The maximum absolute atomic E-state index is 14.0. The minimum Gasteiger partial charge on any atom is -0.497 e. The third-order valence-electron chi connectivity index (χ3n) is 7.49. The number of nitrogens with zero attached hydrogens (tertiary/aromatic N) is 2. The second-order valence-corrected chi connectivity index (χ2v) is 9.95. The molecule has 204 valence electrons. The van der Waals surface area contributed by atoms with Gasteiger partial charge >= 0.3 is 0 Å². The van der Waals surface area contributed by atoms with Crippen molar-refractivity contribution in [2.45, 2.75) is 82.1 Å². The number of ether oxygens (including phenoxy) is 1. The van der Waals surface area contributed by atoms with E-state index in [0.717, 1.165) is 5.56 Å². The second-order valence-electron chi connectivity index (χ2n) is 9.95. The molecule has 2 aliphatic heterocycles. The van der Waals surface area contributed by atoms with Gasteiger partial charge in [-0.15, -0.1) is 0 Å². The molecule has 0 radical (unpaired) electrons. The quantitative estimate of drug-likeness (QED) is 0.330. The Hall–Kier alpha value is -3.18. The van der Waals surface area contributed by atoms with Gasteiger partial charge in [-0.05, 0) is 56.7 Å². The summed E-state index contributed by atoms with van der Waals surface area (Å²) in [5.74, 6) is -1.38. The summed E-state index contributed by atoms with van der Waals surface area (Å²) in [6.07, 6.45) is 1.46. The van der Waals surface area contributed by atoms with Crippen LogP contribution in [-0.4, -0.2) is 88.5 Å². The SMILES string of the molecule is CC[C@H](N)C(=O)N1CCC[C@H]1C(=O)N1CCC[C@@]1(Cc1ccc(OC)cc1)C(=O)NC(C(N)=O)[C@@H](C)O. The molecule has 6 N–H and O–H groups in total. The van der Waals surface area contributed by atoms with Crippen molar-refractivity contribution in [3.05, 3.63) is 29.8 Å². The van der Waals surface area contributed by atoms with E-state index >= 15 is 0 Å². The third-order valence-corrected chi connectivity index (χ3v) is 7.49. The molecule has 4 amide bonds. The van der Waals surface area contributed by atoms with Crippen LogP contribution in [0.5, 0.6) is 5.75 Å². The molecule has 0 bridgehead atoms. The predicted octanol–water partition coefficient (Wildman–Crippen LogP) is -0.322. The van der Waals surface area contributed by atoms with Gasteiger partial charge in [-0.2, -0.15) is 0 Å². The Balaban J connectivity index is 1.98. The van der Waals surface area contributed by atoms with Crippen molar-refractivity contribution in [1.82, 2.24) is 15.1 Å². The number of rotatable bonds is 10. The Morgan fingerprint density at radius 2 is 1.86 bits per heavy atom. The van der Waals surface area contributed by atoms with Gasteiger partial charge in [0.1, 0.15) is 23.4 Å². The van der Waals surface area contributed by atoms with Crippen LogP contribution in [0.4, 0.5) is 0 Å². The molecule has 5 atom stereocenters. The normalized spacial score (nSPS) is 23.9. The summed E-state index contributed by atoms with van der Waals surface area (Å²) in [5.41, 5.74) is 10.9. The number of aliphatic hydroxyl groups excluding tert-OH is 1. The molecule has 1 aromatic carbocycles. The first-order valence-electron chi connectivity index (χ1n) is 12.8. The van der Waals surface area contributed by atoms with Crippen LogP contribution in [0.15, 0.2) is 24.3 Å². The monoisotopic (exact) mass is 517 g/mol. The minimum absolute atomic E-state index is 0.176. The Morgan fingerprint density at radius 3 is 2.43 bits per heavy atom. The molecule has 0 aromatic heterocycles. The van der Waals surface area contributed by atoms with Gasteiger partial charge in [0, 0.05) is 19.5 Å². The van der Waals surface area contributed by atoms with Crippen molar-refractivity contribution < 1.29 is 29.0 Å². The minimum atomic E-state index is -1.33. The molecule has 0 spiro atoms. The second kappa shape index (κ2) is 11.9. The van der Waals surface area contributed by atoms with Crippen LogP contribution in [0.25, 0.3) is 0 Å². The average Bonchev–Trinajstić information content (AvgIpc) is 3.54. The molecule has 37 heavy (non-hydrogen) atoms. The molecule has 1 aromatic rings. The van der Waals surface area contributed by atoms with Crippen LogP contribution < -0.4 is 21.5 Å². The maximum Gasteiger partial charge on any atom is 0.247 e. The van der Waals surface area contributed by atoms with Crippen LogP contribution in [0.2, 0.25) is 0 Å². The Bertz CT molecular complexity index is 1000. The van der Waals surface area contributed by atoms with E-state index in [1.165, 1.54) is 11.8 Å². The highest BCUT2D eigenvalue weighted by atomic mass is 16.5. The molecule has 0 saturated carbocycles. The lowest BCUT2D eigenvalue weighted by Crippen LogP contribution is -2.65. The van der Waals surface area contributed by atoms with Gasteiger partial charge < -0.3 is 36.4 Å². The number of amides is 4. The Morgan fingerprint density at radius 1 is 1.19 bits per heavy atom. The molecule has 2 saturated heterocycles. The van der Waals surface area contributed by atoms with Crippen LogP contribution in [0.1, 0.15) is 51.5 Å². The summed E-state index contributed by atoms with van der Waals surface area (Å²) < 4.78 is 5.24. The summed E-state index contributed by atoms with van der Waals surface area (Å²) in [6.45, 7) is 3.93. The fraction of sp³-hybridized carbons (Fsp3) is 0.615. The zero-order valence-electron chi connectivity index (χ0n) is 21.8. The zero-order valence-corrected chi connectivity index (χ0v) is 21.8. The summed E-state index contributed by atoms with van der Waals surface area (Å²) in [7, 11) is 1.56. The van der Waals surface area contributed by atoms with Crippen molar-refractivity contribution in [2.75, 3.05) is 20.2 Å². The lowest BCUT2D eigenvalue weighted by atomic mass is 9.86. The van der Waals surface area contributed by atoms with Gasteiger partial charge in [0.2, 0.25) is 23.6 Å². The number of carbonyl (C=O) groups excluding carboxylic acids is 4. The fourth-order valence-corrected chi connectivity index (χ4v) is 5.34. The third kappa shape index (κ3) is 5.88. The van der Waals surface area contributed by atoms with Gasteiger partial charge in [-0.3, -0.25) is 19.2 Å². The van der Waals surface area contributed by atoms with Crippen LogP contribution in [-0.2, 0) is 25.6 Å². The number of hydrogen-bond donors (Lipinski definition) is 4. The van der Waals surface area contributed by atoms with Crippen LogP contribution in [0.3, 0.4) is 0 Å². The number of benzene rings is 1. The highest BCUT2D eigenvalue weighted by Gasteiger charge is 2.53. The molecule has 3 rings (SSSR count). The number of methoxy groups -OCH3 is 1. The van der Waals surface area contributed by atoms with E-state index in [9.17, 15) is 24.3 Å². The lowest BCUT2D eigenvalue weighted by Gasteiger charge is -2.41. The van der Waals surface area contributed by atoms with Crippen molar-refractivity contribution in [1.29, 1.82) is 0 Å². The molecule has 1 unspecified atom stereocenters. The first-order chi connectivity index (χ1) is 17.5. The number of likely N-dealkylation sites (tertiary alicyclic amines) is 2. The maximum atomic E-state index is 14.0. The van der Waals surface area contributed by atoms with E-state index in [2.05, 4.69) is 5.32 Å². The van der Waals surface area contributed by atoms with Crippen molar-refractivity contribution in [2.24, 2.45) is 11.5 Å². The van der Waals surface area contributed by atoms with Crippen LogP contribution in [0, 0.1) is 0 Å². The fourth-order valence-electron chi connectivity index (χ4n) is 5.34. The number of nitrogens with two attached hydrogens (primary N) is 2. The van der Waals surface area contributed by atoms with E-state index in [4.69, 9.17) is 16.2 Å². The van der Waals surface area contributed by atoms with E-state index in [1.807, 2.05) is 19.1 Å². The summed E-state index contributed by atoms with van der Waals surface area (Å²) in [6, 6.07) is 4.46. The first kappa shape index (κ1) is 28.4.